The lowest BCUT2D eigenvalue weighted by Crippen LogP contribution is -1.93. The number of alkyl halides is 1. The molecule has 4 heteroatoms. The number of benzene rings is 3. The monoisotopic (exact) mass is 408 g/mol. The molecule has 0 amide bonds. The lowest BCUT2D eigenvalue weighted by Gasteiger charge is -2.11. The summed E-state index contributed by atoms with van der Waals surface area (Å²) in [5.41, 5.74) is 0.783. The van der Waals surface area contributed by atoms with Crippen molar-refractivity contribution in [3.05, 3.63) is 70.5 Å². The minimum absolute atomic E-state index is 0.269. The van der Waals surface area contributed by atoms with Crippen molar-refractivity contribution in [3.8, 4) is 11.5 Å². The maximum atomic E-state index is 13.9. The van der Waals surface area contributed by atoms with Crippen LogP contribution in [0.3, 0.4) is 0 Å². The van der Waals surface area contributed by atoms with Crippen LogP contribution >= 0.6 is 31.9 Å². The van der Waals surface area contributed by atoms with Crippen LogP contribution in [0.1, 0.15) is 5.56 Å². The van der Waals surface area contributed by atoms with Crippen LogP contribution in [0.5, 0.6) is 11.5 Å². The molecule has 3 aromatic carbocycles. The Morgan fingerprint density at radius 2 is 1.71 bits per heavy atom. The van der Waals surface area contributed by atoms with Gasteiger partial charge in [0, 0.05) is 15.4 Å². The third kappa shape index (κ3) is 3.11. The molecular formula is C17H11Br2FO. The van der Waals surface area contributed by atoms with Gasteiger partial charge in [0.2, 0.25) is 0 Å². The highest BCUT2D eigenvalue weighted by Gasteiger charge is 2.10. The molecule has 0 aromatic heterocycles. The Labute approximate surface area is 139 Å². The zero-order valence-corrected chi connectivity index (χ0v) is 14.1. The van der Waals surface area contributed by atoms with Gasteiger partial charge in [0.15, 0.2) is 11.6 Å². The summed E-state index contributed by atoms with van der Waals surface area (Å²) in [5, 5.41) is 2.69. The molecule has 0 saturated heterocycles. The van der Waals surface area contributed by atoms with Crippen LogP contribution in [0.15, 0.2) is 59.1 Å². The molecule has 0 aliphatic rings. The van der Waals surface area contributed by atoms with E-state index in [9.17, 15) is 4.39 Å². The third-order valence-corrected chi connectivity index (χ3v) is 4.28. The van der Waals surface area contributed by atoms with Gasteiger partial charge in [-0.1, -0.05) is 56.1 Å². The van der Waals surface area contributed by atoms with Crippen LogP contribution in [0, 0.1) is 5.82 Å². The Balaban J connectivity index is 2.00. The number of fused-ring (bicyclic) bond motifs is 1. The van der Waals surface area contributed by atoms with Crippen LogP contribution in [0.2, 0.25) is 0 Å². The van der Waals surface area contributed by atoms with E-state index in [1.54, 1.807) is 6.07 Å². The van der Waals surface area contributed by atoms with E-state index >= 15 is 0 Å². The summed E-state index contributed by atoms with van der Waals surface area (Å²) in [6.45, 7) is 0. The molecule has 0 unspecified atom stereocenters. The molecule has 0 bridgehead atoms. The molecule has 106 valence electrons. The number of ether oxygens (including phenoxy) is 1. The first kappa shape index (κ1) is 14.5. The van der Waals surface area contributed by atoms with Gasteiger partial charge in [0.05, 0.1) is 0 Å². The fraction of sp³-hybridized carbons (Fsp3) is 0.0588. The number of hydrogen-bond acceptors (Lipinski definition) is 1. The first-order chi connectivity index (χ1) is 10.2. The molecule has 3 rings (SSSR count). The Kier molecular flexibility index (Phi) is 4.27. The molecule has 1 nitrogen and oxygen atoms in total. The first-order valence-electron chi connectivity index (χ1n) is 6.38. The minimum atomic E-state index is -0.358. The zero-order chi connectivity index (χ0) is 14.8. The van der Waals surface area contributed by atoms with Crippen LogP contribution in [-0.2, 0) is 5.33 Å². The Morgan fingerprint density at radius 3 is 2.52 bits per heavy atom. The Bertz CT molecular complexity index is 802. The molecule has 0 heterocycles. The SMILES string of the molecule is Fc1cccc(CBr)c1Oc1ccc2cc(Br)ccc2c1. The van der Waals surface area contributed by atoms with Crippen LogP contribution in [0.25, 0.3) is 10.8 Å². The lowest BCUT2D eigenvalue weighted by atomic mass is 10.1. The lowest BCUT2D eigenvalue weighted by molar-refractivity contribution is 0.439. The molecule has 0 saturated carbocycles. The maximum Gasteiger partial charge on any atom is 0.167 e. The standard InChI is InChI=1S/C17H11Br2FO/c18-10-13-2-1-3-16(20)17(13)21-15-7-5-11-8-14(19)6-4-12(11)9-15/h1-9H,10H2. The summed E-state index contributed by atoms with van der Waals surface area (Å²) >= 11 is 6.80. The topological polar surface area (TPSA) is 9.23 Å². The summed E-state index contributed by atoms with van der Waals surface area (Å²) in [6.07, 6.45) is 0. The van der Waals surface area contributed by atoms with E-state index in [1.807, 2.05) is 42.5 Å². The molecule has 0 aliphatic carbocycles. The van der Waals surface area contributed by atoms with E-state index in [4.69, 9.17) is 4.74 Å². The van der Waals surface area contributed by atoms with Crippen molar-refractivity contribution in [2.75, 3.05) is 0 Å². The van der Waals surface area contributed by atoms with Gasteiger partial charge in [-0.2, -0.15) is 0 Å². The van der Waals surface area contributed by atoms with Crippen LogP contribution in [-0.4, -0.2) is 0 Å². The van der Waals surface area contributed by atoms with Crippen molar-refractivity contribution >= 4 is 42.6 Å². The second kappa shape index (κ2) is 6.16. The van der Waals surface area contributed by atoms with Crippen LogP contribution in [0.4, 0.5) is 4.39 Å². The molecule has 0 spiro atoms. The van der Waals surface area contributed by atoms with Crippen molar-refractivity contribution in [3.63, 3.8) is 0 Å². The average Bonchev–Trinajstić information content (AvgIpc) is 2.49. The molecule has 3 aromatic rings. The van der Waals surface area contributed by atoms with E-state index in [-0.39, 0.29) is 11.6 Å². The van der Waals surface area contributed by atoms with Gasteiger partial charge in [0.1, 0.15) is 5.75 Å². The van der Waals surface area contributed by atoms with Gasteiger partial charge in [-0.3, -0.25) is 0 Å². The van der Waals surface area contributed by atoms with E-state index in [1.165, 1.54) is 6.07 Å². The predicted octanol–water partition coefficient (Wildman–Crippen LogP) is 6.43. The van der Waals surface area contributed by atoms with Crippen molar-refractivity contribution in [2.45, 2.75) is 5.33 Å². The summed E-state index contributed by atoms with van der Waals surface area (Å²) < 4.78 is 20.7. The smallest absolute Gasteiger partial charge is 0.167 e. The molecule has 0 atom stereocenters. The number of para-hydroxylation sites is 1. The first-order valence-corrected chi connectivity index (χ1v) is 8.29. The van der Waals surface area contributed by atoms with Gasteiger partial charge >= 0.3 is 0 Å². The van der Waals surface area contributed by atoms with E-state index in [0.29, 0.717) is 11.1 Å². The summed E-state index contributed by atoms with van der Waals surface area (Å²) in [5.74, 6) is 0.533. The molecule has 0 N–H and O–H groups in total. The highest BCUT2D eigenvalue weighted by atomic mass is 79.9. The van der Waals surface area contributed by atoms with Crippen molar-refractivity contribution in [2.24, 2.45) is 0 Å². The van der Waals surface area contributed by atoms with Gasteiger partial charge in [-0.15, -0.1) is 0 Å². The van der Waals surface area contributed by atoms with Crippen molar-refractivity contribution in [1.29, 1.82) is 0 Å². The number of rotatable bonds is 3. The third-order valence-electron chi connectivity index (χ3n) is 3.19. The van der Waals surface area contributed by atoms with E-state index in [0.717, 1.165) is 20.8 Å². The Morgan fingerprint density at radius 1 is 0.952 bits per heavy atom. The van der Waals surface area contributed by atoms with Gasteiger partial charge in [0.25, 0.3) is 0 Å². The highest BCUT2D eigenvalue weighted by molar-refractivity contribution is 9.10. The van der Waals surface area contributed by atoms with Gasteiger partial charge < -0.3 is 4.74 Å². The zero-order valence-electron chi connectivity index (χ0n) is 10.9. The summed E-state index contributed by atoms with van der Waals surface area (Å²) in [4.78, 5) is 0. The fourth-order valence-corrected chi connectivity index (χ4v) is 2.97. The number of hydrogen-bond donors (Lipinski definition) is 0. The quantitative estimate of drug-likeness (QED) is 0.453. The average molecular weight is 410 g/mol. The predicted molar refractivity (Wildman–Crippen MR) is 90.8 cm³/mol. The highest BCUT2D eigenvalue weighted by Crippen LogP contribution is 2.32. The second-order valence-corrected chi connectivity index (χ2v) is 6.09. The fourth-order valence-electron chi connectivity index (χ4n) is 2.15. The van der Waals surface area contributed by atoms with Crippen molar-refractivity contribution < 1.29 is 9.13 Å². The molecule has 0 aliphatic heterocycles. The Hall–Kier alpha value is -1.39. The minimum Gasteiger partial charge on any atom is -0.454 e. The van der Waals surface area contributed by atoms with Crippen LogP contribution < -0.4 is 4.74 Å². The molecular weight excluding hydrogens is 399 g/mol. The van der Waals surface area contributed by atoms with Gasteiger partial charge in [-0.25, -0.2) is 4.39 Å². The van der Waals surface area contributed by atoms with Crippen molar-refractivity contribution in [1.82, 2.24) is 0 Å². The van der Waals surface area contributed by atoms with E-state index in [2.05, 4.69) is 31.9 Å². The number of halogens is 3. The molecule has 0 fully saturated rings. The maximum absolute atomic E-state index is 13.9. The second-order valence-electron chi connectivity index (χ2n) is 4.62. The van der Waals surface area contributed by atoms with E-state index < -0.39 is 0 Å². The largest absolute Gasteiger partial charge is 0.454 e. The normalized spacial score (nSPS) is 10.8. The molecule has 21 heavy (non-hydrogen) atoms. The van der Waals surface area contributed by atoms with Gasteiger partial charge in [-0.05, 0) is 41.1 Å². The summed E-state index contributed by atoms with van der Waals surface area (Å²) in [7, 11) is 0. The molecule has 0 radical (unpaired) electrons. The summed E-state index contributed by atoms with van der Waals surface area (Å²) in [6, 6.07) is 16.6.